The van der Waals surface area contributed by atoms with Gasteiger partial charge in [0.25, 0.3) is 15.7 Å². The molecular weight excluding hydrogens is 695 g/mol. The van der Waals surface area contributed by atoms with Crippen molar-refractivity contribution in [3.05, 3.63) is 143 Å². The van der Waals surface area contributed by atoms with E-state index in [4.69, 9.17) is 0 Å². The molecule has 0 bridgehead atoms. The van der Waals surface area contributed by atoms with Gasteiger partial charge in [0.1, 0.15) is 12.0 Å². The van der Waals surface area contributed by atoms with E-state index < -0.39 is 14.9 Å². The van der Waals surface area contributed by atoms with Gasteiger partial charge in [-0.1, -0.05) is 66.7 Å². The first-order valence-corrected chi connectivity index (χ1v) is 19.4. The second-order valence-corrected chi connectivity index (χ2v) is 15.2. The van der Waals surface area contributed by atoms with Crippen LogP contribution in [0.1, 0.15) is 5.56 Å². The topological polar surface area (TPSA) is 134 Å². The van der Waals surface area contributed by atoms with E-state index in [1.165, 1.54) is 35.2 Å². The van der Waals surface area contributed by atoms with E-state index in [1.54, 1.807) is 11.8 Å². The molecule has 0 unspecified atom stereocenters. The summed E-state index contributed by atoms with van der Waals surface area (Å²) in [6.07, 6.45) is 1.31. The van der Waals surface area contributed by atoms with Gasteiger partial charge in [-0.25, -0.2) is 18.4 Å². The van der Waals surface area contributed by atoms with Gasteiger partial charge in [-0.3, -0.25) is 19.7 Å². The fraction of sp³-hybridized carbons (Fsp3) is 0.179. The molecule has 11 nitrogen and oxygen atoms in total. The fourth-order valence-corrected chi connectivity index (χ4v) is 8.10. The van der Waals surface area contributed by atoms with E-state index >= 15 is 0 Å². The number of aromatic nitrogens is 2. The van der Waals surface area contributed by atoms with E-state index in [2.05, 4.69) is 78.3 Å². The zero-order valence-corrected chi connectivity index (χ0v) is 29.9. The molecule has 0 amide bonds. The number of nitro groups is 1. The normalized spacial score (nSPS) is 13.6. The second-order valence-electron chi connectivity index (χ2n) is 12.4. The van der Waals surface area contributed by atoms with Gasteiger partial charge in [0.2, 0.25) is 0 Å². The van der Waals surface area contributed by atoms with Crippen LogP contribution in [0.3, 0.4) is 0 Å². The van der Waals surface area contributed by atoms with Gasteiger partial charge in [-0.15, -0.1) is 11.8 Å². The van der Waals surface area contributed by atoms with Crippen LogP contribution in [0, 0.1) is 10.1 Å². The predicted octanol–water partition coefficient (Wildman–Crippen LogP) is 7.53. The molecule has 0 saturated carbocycles. The third-order valence-electron chi connectivity index (χ3n) is 8.93. The second kappa shape index (κ2) is 15.8. The first-order chi connectivity index (χ1) is 25.3. The minimum atomic E-state index is -4.21. The molecule has 1 aliphatic heterocycles. The summed E-state index contributed by atoms with van der Waals surface area (Å²) >= 11 is 1.62. The van der Waals surface area contributed by atoms with E-state index in [0.717, 1.165) is 49.4 Å². The van der Waals surface area contributed by atoms with Crippen LogP contribution in [-0.4, -0.2) is 66.7 Å². The standard InChI is InChI=1S/C39H37N7O4S2/c47-46(48)38-26-34(15-17-36(38)40-18-23-51-33-12-5-2-6-13-33)52(49,50)43-39-35-16-14-32(25-37(35)41-28-42-39)45-21-19-44(20-22-45)27-29-8-7-11-31(24-29)30-9-3-1-4-10-30/h1-17,24-26,28,40H,18-23,27H2,(H,41,42,43). The zero-order chi connectivity index (χ0) is 35.9. The maximum atomic E-state index is 13.5. The Hall–Kier alpha value is -5.50. The lowest BCUT2D eigenvalue weighted by Gasteiger charge is -2.36. The first kappa shape index (κ1) is 34.9. The molecule has 1 saturated heterocycles. The molecule has 2 N–H and O–H groups in total. The third kappa shape index (κ3) is 8.34. The maximum absolute atomic E-state index is 13.5. The van der Waals surface area contributed by atoms with E-state index in [-0.39, 0.29) is 22.1 Å². The molecule has 1 aliphatic rings. The SMILES string of the molecule is O=[N+]([O-])c1cc(S(=O)(=O)Nc2ncnc3cc(N4CCN(Cc5cccc(-c6ccccc6)c5)CC4)ccc23)ccc1NCCSc1ccccc1. The number of piperazine rings is 1. The molecule has 6 aromatic rings. The van der Waals surface area contributed by atoms with Crippen molar-refractivity contribution in [1.29, 1.82) is 0 Å². The molecule has 13 heteroatoms. The molecule has 0 spiro atoms. The first-order valence-electron chi connectivity index (χ1n) is 16.9. The lowest BCUT2D eigenvalue weighted by Crippen LogP contribution is -2.45. The summed E-state index contributed by atoms with van der Waals surface area (Å²) in [7, 11) is -4.21. The van der Waals surface area contributed by atoms with Crippen molar-refractivity contribution in [1.82, 2.24) is 14.9 Å². The van der Waals surface area contributed by atoms with Gasteiger partial charge in [-0.2, -0.15) is 0 Å². The van der Waals surface area contributed by atoms with Gasteiger partial charge in [0, 0.05) is 67.1 Å². The number of benzene rings is 5. The Kier molecular flexibility index (Phi) is 10.6. The van der Waals surface area contributed by atoms with Crippen molar-refractivity contribution in [2.75, 3.05) is 53.4 Å². The Morgan fingerprint density at radius 2 is 1.54 bits per heavy atom. The Morgan fingerprint density at radius 1 is 0.788 bits per heavy atom. The molecule has 5 aromatic carbocycles. The van der Waals surface area contributed by atoms with Crippen LogP contribution in [0.5, 0.6) is 0 Å². The molecule has 2 heterocycles. The fourth-order valence-electron chi connectivity index (χ4n) is 6.26. The summed E-state index contributed by atoms with van der Waals surface area (Å²) in [5.74, 6) is 0.772. The molecule has 264 valence electrons. The molecule has 0 atom stereocenters. The van der Waals surface area contributed by atoms with Crippen molar-refractivity contribution in [2.24, 2.45) is 0 Å². The number of thioether (sulfide) groups is 1. The smallest absolute Gasteiger partial charge is 0.293 e. The number of hydrogen-bond donors (Lipinski definition) is 2. The number of nitrogens with one attached hydrogen (secondary N) is 2. The molecule has 1 fully saturated rings. The highest BCUT2D eigenvalue weighted by Crippen LogP contribution is 2.31. The maximum Gasteiger partial charge on any atom is 0.293 e. The van der Waals surface area contributed by atoms with Gasteiger partial charge < -0.3 is 10.2 Å². The van der Waals surface area contributed by atoms with E-state index in [0.29, 0.717) is 23.2 Å². The summed E-state index contributed by atoms with van der Waals surface area (Å²) in [6.45, 7) is 4.80. The summed E-state index contributed by atoms with van der Waals surface area (Å²) < 4.78 is 29.5. The molecule has 52 heavy (non-hydrogen) atoms. The Morgan fingerprint density at radius 3 is 2.31 bits per heavy atom. The zero-order valence-electron chi connectivity index (χ0n) is 28.3. The quantitative estimate of drug-likeness (QED) is 0.0532. The Labute approximate surface area is 306 Å². The van der Waals surface area contributed by atoms with Crippen molar-refractivity contribution in [3.63, 3.8) is 0 Å². The van der Waals surface area contributed by atoms with Crippen molar-refractivity contribution < 1.29 is 13.3 Å². The third-order valence-corrected chi connectivity index (χ3v) is 11.3. The van der Waals surface area contributed by atoms with Crippen LogP contribution >= 0.6 is 11.8 Å². The van der Waals surface area contributed by atoms with Crippen LogP contribution in [0.2, 0.25) is 0 Å². The summed E-state index contributed by atoms with van der Waals surface area (Å²) in [4.78, 5) is 25.6. The summed E-state index contributed by atoms with van der Waals surface area (Å²) in [6, 6.07) is 38.5. The van der Waals surface area contributed by atoms with Gasteiger partial charge in [0.15, 0.2) is 5.82 Å². The number of sulfonamides is 1. The number of nitrogens with zero attached hydrogens (tertiary/aromatic N) is 5. The van der Waals surface area contributed by atoms with Gasteiger partial charge >= 0.3 is 0 Å². The van der Waals surface area contributed by atoms with Crippen molar-refractivity contribution >= 4 is 55.6 Å². The molecular formula is C39H37N7O4S2. The van der Waals surface area contributed by atoms with Crippen LogP contribution < -0.4 is 14.9 Å². The highest BCUT2D eigenvalue weighted by Gasteiger charge is 2.24. The van der Waals surface area contributed by atoms with Crippen molar-refractivity contribution in [3.8, 4) is 11.1 Å². The minimum Gasteiger partial charge on any atom is -0.379 e. The number of rotatable bonds is 13. The largest absolute Gasteiger partial charge is 0.379 e. The van der Waals surface area contributed by atoms with Gasteiger partial charge in [0.05, 0.1) is 15.3 Å². The number of fused-ring (bicyclic) bond motifs is 1. The van der Waals surface area contributed by atoms with Gasteiger partial charge in [-0.05, 0) is 65.2 Å². The Balaban J connectivity index is 0.989. The van der Waals surface area contributed by atoms with Crippen LogP contribution in [-0.2, 0) is 16.6 Å². The monoisotopic (exact) mass is 731 g/mol. The molecule has 7 rings (SSSR count). The summed E-state index contributed by atoms with van der Waals surface area (Å²) in [5, 5.41) is 15.5. The summed E-state index contributed by atoms with van der Waals surface area (Å²) in [5.41, 5.74) is 5.20. The van der Waals surface area contributed by atoms with Crippen LogP contribution in [0.25, 0.3) is 22.0 Å². The number of anilines is 3. The number of hydrogen-bond acceptors (Lipinski definition) is 10. The molecule has 0 aliphatic carbocycles. The minimum absolute atomic E-state index is 0.0990. The Bertz CT molecular complexity index is 2290. The molecule has 0 radical (unpaired) electrons. The highest BCUT2D eigenvalue weighted by molar-refractivity contribution is 7.99. The van der Waals surface area contributed by atoms with Crippen LogP contribution in [0.15, 0.2) is 137 Å². The lowest BCUT2D eigenvalue weighted by atomic mass is 10.0. The average molecular weight is 732 g/mol. The lowest BCUT2D eigenvalue weighted by molar-refractivity contribution is -0.384. The molecule has 1 aromatic heterocycles. The predicted molar refractivity (Wildman–Crippen MR) is 208 cm³/mol. The number of nitro benzene ring substituents is 1. The highest BCUT2D eigenvalue weighted by atomic mass is 32.2. The van der Waals surface area contributed by atoms with Crippen LogP contribution in [0.4, 0.5) is 22.9 Å². The van der Waals surface area contributed by atoms with E-state index in [1.807, 2.05) is 54.6 Å². The van der Waals surface area contributed by atoms with E-state index in [9.17, 15) is 18.5 Å². The van der Waals surface area contributed by atoms with Crippen molar-refractivity contribution in [2.45, 2.75) is 16.3 Å². The average Bonchev–Trinajstić information content (AvgIpc) is 3.17.